The first-order valence-corrected chi connectivity index (χ1v) is 9.29. The molecule has 1 aromatic rings. The molecule has 2 saturated heterocycles. The number of amides is 1. The predicted octanol–water partition coefficient (Wildman–Crippen LogP) is 1.51. The number of benzene rings is 1. The maximum absolute atomic E-state index is 13.4. The molecule has 6 nitrogen and oxygen atoms in total. The second-order valence-corrected chi connectivity index (χ2v) is 7.53. The lowest BCUT2D eigenvalue weighted by Gasteiger charge is -2.39. The van der Waals surface area contributed by atoms with Gasteiger partial charge in [0.1, 0.15) is 17.7 Å². The van der Waals surface area contributed by atoms with Crippen LogP contribution in [0.15, 0.2) is 18.2 Å². The Morgan fingerprint density at radius 2 is 2.23 bits per heavy atom. The largest absolute Gasteiger partial charge is 0.489 e. The highest BCUT2D eigenvalue weighted by atomic mass is 19.1. The summed E-state index contributed by atoms with van der Waals surface area (Å²) in [6.45, 7) is 4.00. The van der Waals surface area contributed by atoms with Gasteiger partial charge < -0.3 is 9.64 Å². The molecule has 140 valence electrons. The number of nitrogens with zero attached hydrogens (tertiary/aromatic N) is 1. The van der Waals surface area contributed by atoms with Gasteiger partial charge >= 0.3 is 0 Å². The average Bonchev–Trinajstić information content (AvgIpc) is 3.07. The summed E-state index contributed by atoms with van der Waals surface area (Å²) in [5, 5.41) is 0. The number of rotatable bonds is 2. The van der Waals surface area contributed by atoms with Crippen molar-refractivity contribution in [2.24, 2.45) is 11.8 Å². The Morgan fingerprint density at radius 1 is 1.38 bits per heavy atom. The zero-order valence-corrected chi connectivity index (χ0v) is 14.8. The Morgan fingerprint density at radius 3 is 3.00 bits per heavy atom. The molecule has 7 heteroatoms. The minimum Gasteiger partial charge on any atom is -0.489 e. The number of nitrogens with one attached hydrogen (secondary N) is 2. The molecule has 0 bridgehead atoms. The molecule has 1 aromatic carbocycles. The highest BCUT2D eigenvalue weighted by molar-refractivity contribution is 5.99. The summed E-state index contributed by atoms with van der Waals surface area (Å²) in [7, 11) is 0. The number of ether oxygens (including phenoxy) is 1. The molecule has 0 aliphatic carbocycles. The van der Waals surface area contributed by atoms with Crippen molar-refractivity contribution in [2.45, 2.75) is 38.3 Å². The molecule has 0 radical (unpaired) electrons. The van der Waals surface area contributed by atoms with E-state index in [2.05, 4.69) is 10.9 Å². The summed E-state index contributed by atoms with van der Waals surface area (Å²) in [5.41, 5.74) is 6.45. The van der Waals surface area contributed by atoms with E-state index >= 15 is 0 Å². The van der Waals surface area contributed by atoms with Crippen molar-refractivity contribution in [1.29, 1.82) is 0 Å². The number of hydrogen-bond donors (Lipinski definition) is 2. The van der Waals surface area contributed by atoms with Crippen LogP contribution in [0.25, 0.3) is 0 Å². The van der Waals surface area contributed by atoms with E-state index in [4.69, 9.17) is 4.74 Å². The van der Waals surface area contributed by atoms with Crippen LogP contribution in [0, 0.1) is 17.7 Å². The lowest BCUT2D eigenvalue weighted by molar-refractivity contribution is -0.137. The normalized spacial score (nSPS) is 31.5. The lowest BCUT2D eigenvalue weighted by atomic mass is 9.86. The SMILES string of the molecule is CC1NNCC1C(=O)N1CCCC(C2CC(=O)c3cc(F)ccc3O2)C1. The Labute approximate surface area is 152 Å². The number of carbonyl (C=O) groups is 2. The van der Waals surface area contributed by atoms with Crippen molar-refractivity contribution < 1.29 is 18.7 Å². The molecule has 1 amide bonds. The number of hydrazine groups is 1. The molecular weight excluding hydrogens is 337 g/mol. The third-order valence-electron chi connectivity index (χ3n) is 5.77. The van der Waals surface area contributed by atoms with E-state index in [1.807, 2.05) is 11.8 Å². The topological polar surface area (TPSA) is 70.7 Å². The Balaban J connectivity index is 1.46. The number of likely N-dealkylation sites (tertiary alicyclic amines) is 1. The second-order valence-electron chi connectivity index (χ2n) is 7.53. The van der Waals surface area contributed by atoms with E-state index in [1.165, 1.54) is 18.2 Å². The first kappa shape index (κ1) is 17.4. The molecule has 26 heavy (non-hydrogen) atoms. The first-order chi connectivity index (χ1) is 12.5. The van der Waals surface area contributed by atoms with Gasteiger partial charge in [0, 0.05) is 38.0 Å². The number of ketones is 1. The zero-order valence-electron chi connectivity index (χ0n) is 14.8. The Bertz CT molecular complexity index is 726. The first-order valence-electron chi connectivity index (χ1n) is 9.29. The molecule has 0 spiro atoms. The maximum atomic E-state index is 13.4. The molecule has 4 atom stereocenters. The van der Waals surface area contributed by atoms with Crippen LogP contribution in [-0.4, -0.2) is 48.4 Å². The number of hydrogen-bond acceptors (Lipinski definition) is 5. The van der Waals surface area contributed by atoms with Crippen molar-refractivity contribution in [3.8, 4) is 5.75 Å². The van der Waals surface area contributed by atoms with Crippen LogP contribution in [0.3, 0.4) is 0 Å². The van der Waals surface area contributed by atoms with Crippen molar-refractivity contribution in [1.82, 2.24) is 15.8 Å². The molecule has 2 N–H and O–H groups in total. The van der Waals surface area contributed by atoms with Crippen LogP contribution >= 0.6 is 0 Å². The maximum Gasteiger partial charge on any atom is 0.228 e. The van der Waals surface area contributed by atoms with Gasteiger partial charge in [0.2, 0.25) is 5.91 Å². The second kappa shape index (κ2) is 6.96. The van der Waals surface area contributed by atoms with Crippen LogP contribution in [0.2, 0.25) is 0 Å². The highest BCUT2D eigenvalue weighted by Crippen LogP contribution is 2.34. The summed E-state index contributed by atoms with van der Waals surface area (Å²) >= 11 is 0. The zero-order chi connectivity index (χ0) is 18.3. The fraction of sp³-hybridized carbons (Fsp3) is 0.579. The molecule has 3 aliphatic heterocycles. The monoisotopic (exact) mass is 361 g/mol. The molecule has 0 aromatic heterocycles. The van der Waals surface area contributed by atoms with Gasteiger partial charge in [0.15, 0.2) is 5.78 Å². The van der Waals surface area contributed by atoms with Gasteiger partial charge in [0.25, 0.3) is 0 Å². The lowest BCUT2D eigenvalue weighted by Crippen LogP contribution is -2.49. The summed E-state index contributed by atoms with van der Waals surface area (Å²) in [6, 6.07) is 4.19. The standard InChI is InChI=1S/C19H24FN3O3/c1-11-15(9-21-22-11)19(25)23-6-2-3-12(10-23)18-8-16(24)14-7-13(20)4-5-17(14)26-18/h4-5,7,11-12,15,18,21-22H,2-3,6,8-10H2,1H3. The number of Topliss-reactive ketones (excluding diaryl/α,β-unsaturated/α-hetero) is 1. The molecule has 4 unspecified atom stereocenters. The number of carbonyl (C=O) groups excluding carboxylic acids is 2. The van der Waals surface area contributed by atoms with Gasteiger partial charge in [-0.2, -0.15) is 0 Å². The average molecular weight is 361 g/mol. The number of fused-ring (bicyclic) bond motifs is 1. The Kier molecular flexibility index (Phi) is 4.67. The van der Waals surface area contributed by atoms with Crippen molar-refractivity contribution in [2.75, 3.05) is 19.6 Å². The third-order valence-corrected chi connectivity index (χ3v) is 5.77. The summed E-state index contributed by atoms with van der Waals surface area (Å²) in [5.74, 6) is 0.149. The van der Waals surface area contributed by atoms with Crippen LogP contribution < -0.4 is 15.6 Å². The molecule has 3 heterocycles. The predicted molar refractivity (Wildman–Crippen MR) is 93.2 cm³/mol. The van der Waals surface area contributed by atoms with E-state index in [1.54, 1.807) is 0 Å². The smallest absolute Gasteiger partial charge is 0.228 e. The summed E-state index contributed by atoms with van der Waals surface area (Å²) < 4.78 is 19.4. The minimum atomic E-state index is -0.429. The summed E-state index contributed by atoms with van der Waals surface area (Å²) in [6.07, 6.45) is 1.82. The van der Waals surface area contributed by atoms with Gasteiger partial charge in [-0.1, -0.05) is 0 Å². The fourth-order valence-corrected chi connectivity index (χ4v) is 4.24. The van der Waals surface area contributed by atoms with Gasteiger partial charge in [0.05, 0.1) is 11.5 Å². The number of halogens is 1. The number of piperidine rings is 1. The van der Waals surface area contributed by atoms with Crippen LogP contribution in [0.4, 0.5) is 4.39 Å². The van der Waals surface area contributed by atoms with Gasteiger partial charge in [-0.25, -0.2) is 4.39 Å². The van der Waals surface area contributed by atoms with E-state index < -0.39 is 5.82 Å². The quantitative estimate of drug-likeness (QED) is 0.836. The minimum absolute atomic E-state index is 0.0636. The summed E-state index contributed by atoms with van der Waals surface area (Å²) in [4.78, 5) is 27.2. The van der Waals surface area contributed by atoms with Crippen LogP contribution in [0.5, 0.6) is 5.75 Å². The highest BCUT2D eigenvalue weighted by Gasteiger charge is 2.39. The van der Waals surface area contributed by atoms with E-state index in [0.717, 1.165) is 19.4 Å². The van der Waals surface area contributed by atoms with E-state index in [9.17, 15) is 14.0 Å². The van der Waals surface area contributed by atoms with Gasteiger partial charge in [-0.05, 0) is 38.0 Å². The molecule has 2 fully saturated rings. The molecular formula is C19H24FN3O3. The molecule has 4 rings (SSSR count). The molecule has 0 saturated carbocycles. The third kappa shape index (κ3) is 3.21. The molecule has 3 aliphatic rings. The van der Waals surface area contributed by atoms with Crippen molar-refractivity contribution >= 4 is 11.7 Å². The van der Waals surface area contributed by atoms with Gasteiger partial charge in [-0.15, -0.1) is 0 Å². The fourth-order valence-electron chi connectivity index (χ4n) is 4.24. The Hall–Kier alpha value is -1.99. The van der Waals surface area contributed by atoms with Crippen molar-refractivity contribution in [3.05, 3.63) is 29.6 Å². The van der Waals surface area contributed by atoms with Crippen LogP contribution in [0.1, 0.15) is 36.5 Å². The van der Waals surface area contributed by atoms with Gasteiger partial charge in [-0.3, -0.25) is 20.4 Å². The van der Waals surface area contributed by atoms with E-state index in [-0.39, 0.29) is 42.1 Å². The van der Waals surface area contributed by atoms with E-state index in [0.29, 0.717) is 24.4 Å². The van der Waals surface area contributed by atoms with Crippen molar-refractivity contribution in [3.63, 3.8) is 0 Å². The van der Waals surface area contributed by atoms with Crippen LogP contribution in [-0.2, 0) is 4.79 Å².